The molecule has 0 atom stereocenters. The van der Waals surface area contributed by atoms with Crippen molar-refractivity contribution < 1.29 is 9.90 Å². The minimum Gasteiger partial charge on any atom is -0.288 e. The second-order valence-electron chi connectivity index (χ2n) is 3.24. The molecule has 1 aromatic rings. The fraction of sp³-hybridized carbons (Fsp3) is 0.200. The molecular formula is C10H8ClN2O2. The van der Waals surface area contributed by atoms with Gasteiger partial charge in [0.1, 0.15) is 0 Å². The highest BCUT2D eigenvalue weighted by molar-refractivity contribution is 6.32. The predicted molar refractivity (Wildman–Crippen MR) is 55.5 cm³/mol. The van der Waals surface area contributed by atoms with E-state index >= 15 is 0 Å². The molecule has 1 heterocycles. The molecule has 0 saturated carbocycles. The van der Waals surface area contributed by atoms with Crippen molar-refractivity contribution in [2.24, 2.45) is 5.10 Å². The number of nitrogens with one attached hydrogen (secondary N) is 1. The molecule has 1 N–H and O–H groups in total. The van der Waals surface area contributed by atoms with Gasteiger partial charge in [-0.3, -0.25) is 9.90 Å². The van der Waals surface area contributed by atoms with Crippen molar-refractivity contribution in [3.05, 3.63) is 28.8 Å². The van der Waals surface area contributed by atoms with Crippen LogP contribution in [-0.4, -0.2) is 11.6 Å². The summed E-state index contributed by atoms with van der Waals surface area (Å²) in [6.45, 7) is 0. The van der Waals surface area contributed by atoms with Gasteiger partial charge in [0.05, 0.1) is 10.7 Å². The molecule has 0 aromatic heterocycles. The summed E-state index contributed by atoms with van der Waals surface area (Å²) in [4.78, 5) is 10.9. The summed E-state index contributed by atoms with van der Waals surface area (Å²) in [7, 11) is 0. The molecular weight excluding hydrogens is 216 g/mol. The zero-order chi connectivity index (χ0) is 10.8. The number of benzene rings is 1. The van der Waals surface area contributed by atoms with Gasteiger partial charge in [-0.15, -0.1) is 0 Å². The third-order valence-corrected chi connectivity index (χ3v) is 2.46. The second-order valence-corrected chi connectivity index (χ2v) is 3.65. The van der Waals surface area contributed by atoms with Gasteiger partial charge >= 0.3 is 0 Å². The number of hydrogen-bond donors (Lipinski definition) is 1. The number of nitrogens with zero attached hydrogens (tertiary/aromatic N) is 1. The molecule has 1 radical (unpaired) electrons. The number of rotatable bonds is 1. The monoisotopic (exact) mass is 223 g/mol. The highest BCUT2D eigenvalue weighted by atomic mass is 35.5. The molecule has 0 bridgehead atoms. The van der Waals surface area contributed by atoms with E-state index < -0.39 is 0 Å². The summed E-state index contributed by atoms with van der Waals surface area (Å²) in [5.74, 6) is -0.300. The first-order chi connectivity index (χ1) is 7.16. The molecule has 15 heavy (non-hydrogen) atoms. The first kappa shape index (κ1) is 9.98. The smallest absolute Gasteiger partial charge is 0.240 e. The van der Waals surface area contributed by atoms with Gasteiger partial charge in [-0.2, -0.15) is 5.10 Å². The van der Waals surface area contributed by atoms with Crippen molar-refractivity contribution in [3.63, 3.8) is 0 Å². The highest BCUT2D eigenvalue weighted by Crippen LogP contribution is 2.25. The van der Waals surface area contributed by atoms with E-state index in [1.165, 1.54) is 6.07 Å². The van der Waals surface area contributed by atoms with Gasteiger partial charge in [-0.25, -0.2) is 5.43 Å². The normalized spacial score (nSPS) is 15.8. The summed E-state index contributed by atoms with van der Waals surface area (Å²) in [5.41, 5.74) is 3.92. The minimum atomic E-state index is -0.208. The van der Waals surface area contributed by atoms with E-state index in [0.29, 0.717) is 12.8 Å². The quantitative estimate of drug-likeness (QED) is 0.779. The number of halogens is 1. The SMILES string of the molecule is [O]c1ccc(C2=NNC(=O)CC2)cc1Cl. The molecule has 0 fully saturated rings. The summed E-state index contributed by atoms with van der Waals surface area (Å²) in [6, 6.07) is 4.63. The zero-order valence-corrected chi connectivity index (χ0v) is 8.54. The number of carbonyl (C=O) groups excluding carboxylic acids is 1. The van der Waals surface area contributed by atoms with Crippen LogP contribution in [-0.2, 0) is 9.90 Å². The minimum absolute atomic E-state index is 0.0923. The fourth-order valence-electron chi connectivity index (χ4n) is 1.36. The number of hydrogen-bond acceptors (Lipinski definition) is 2. The van der Waals surface area contributed by atoms with E-state index in [-0.39, 0.29) is 16.7 Å². The summed E-state index contributed by atoms with van der Waals surface area (Å²) in [5, 5.41) is 15.1. The van der Waals surface area contributed by atoms with Crippen LogP contribution in [0.1, 0.15) is 18.4 Å². The lowest BCUT2D eigenvalue weighted by atomic mass is 10.0. The molecule has 2 rings (SSSR count). The number of carbonyl (C=O) groups is 1. The van der Waals surface area contributed by atoms with Crippen molar-refractivity contribution in [1.29, 1.82) is 0 Å². The van der Waals surface area contributed by atoms with Crippen LogP contribution in [0.5, 0.6) is 5.75 Å². The summed E-state index contributed by atoms with van der Waals surface area (Å²) >= 11 is 5.71. The Hall–Kier alpha value is -1.55. The Morgan fingerprint density at radius 3 is 2.73 bits per heavy atom. The molecule has 1 amide bonds. The molecule has 0 aliphatic carbocycles. The fourth-order valence-corrected chi connectivity index (χ4v) is 1.54. The summed E-state index contributed by atoms with van der Waals surface area (Å²) < 4.78 is 0. The van der Waals surface area contributed by atoms with Crippen LogP contribution in [0.4, 0.5) is 0 Å². The maximum Gasteiger partial charge on any atom is 0.240 e. The van der Waals surface area contributed by atoms with E-state index in [9.17, 15) is 9.90 Å². The van der Waals surface area contributed by atoms with Gasteiger partial charge in [0.25, 0.3) is 0 Å². The molecule has 0 saturated heterocycles. The van der Waals surface area contributed by atoms with Gasteiger partial charge in [0, 0.05) is 12.8 Å². The molecule has 5 heteroatoms. The van der Waals surface area contributed by atoms with Crippen LogP contribution >= 0.6 is 11.6 Å². The molecule has 1 aliphatic rings. The summed E-state index contributed by atoms with van der Waals surface area (Å²) in [6.07, 6.45) is 0.982. The third-order valence-electron chi connectivity index (χ3n) is 2.17. The van der Waals surface area contributed by atoms with Crippen molar-refractivity contribution in [2.45, 2.75) is 12.8 Å². The average molecular weight is 224 g/mol. The first-order valence-corrected chi connectivity index (χ1v) is 4.87. The van der Waals surface area contributed by atoms with Crippen LogP contribution in [0.15, 0.2) is 23.3 Å². The van der Waals surface area contributed by atoms with E-state index in [1.54, 1.807) is 12.1 Å². The first-order valence-electron chi connectivity index (χ1n) is 4.49. The lowest BCUT2D eigenvalue weighted by Gasteiger charge is -2.12. The Morgan fingerprint density at radius 2 is 2.13 bits per heavy atom. The molecule has 77 valence electrons. The van der Waals surface area contributed by atoms with Gasteiger partial charge in [-0.05, 0) is 23.8 Å². The van der Waals surface area contributed by atoms with Crippen LogP contribution in [0, 0.1) is 0 Å². The van der Waals surface area contributed by atoms with Crippen LogP contribution < -0.4 is 5.43 Å². The Morgan fingerprint density at radius 1 is 1.33 bits per heavy atom. The van der Waals surface area contributed by atoms with Crippen LogP contribution in [0.3, 0.4) is 0 Å². The molecule has 0 unspecified atom stereocenters. The number of hydrazone groups is 1. The van der Waals surface area contributed by atoms with Gasteiger partial charge in [0.2, 0.25) is 5.91 Å². The number of amides is 1. The van der Waals surface area contributed by atoms with Crippen molar-refractivity contribution in [2.75, 3.05) is 0 Å². The maximum absolute atomic E-state index is 11.1. The Kier molecular flexibility index (Phi) is 2.60. The van der Waals surface area contributed by atoms with Crippen molar-refractivity contribution >= 4 is 23.2 Å². The standard InChI is InChI=1S/C10H8ClN2O2/c11-7-5-6(1-3-9(7)14)8-2-4-10(15)13-12-8/h1,3,5H,2,4H2,(H,13,15). The van der Waals surface area contributed by atoms with Gasteiger partial charge in [0.15, 0.2) is 5.75 Å². The van der Waals surface area contributed by atoms with E-state index in [0.717, 1.165) is 11.3 Å². The highest BCUT2D eigenvalue weighted by Gasteiger charge is 2.14. The Bertz CT molecular complexity index is 443. The topological polar surface area (TPSA) is 61.4 Å². The van der Waals surface area contributed by atoms with Crippen molar-refractivity contribution in [1.82, 2.24) is 5.43 Å². The molecule has 1 aliphatic heterocycles. The van der Waals surface area contributed by atoms with Gasteiger partial charge in [-0.1, -0.05) is 11.6 Å². The Labute approximate surface area is 91.6 Å². The van der Waals surface area contributed by atoms with E-state index in [1.807, 2.05) is 0 Å². The van der Waals surface area contributed by atoms with Crippen LogP contribution in [0.2, 0.25) is 5.02 Å². The molecule has 4 nitrogen and oxygen atoms in total. The average Bonchev–Trinajstić information content (AvgIpc) is 2.23. The maximum atomic E-state index is 11.1. The van der Waals surface area contributed by atoms with Crippen LogP contribution in [0.25, 0.3) is 0 Å². The predicted octanol–water partition coefficient (Wildman–Crippen LogP) is 2.10. The van der Waals surface area contributed by atoms with Gasteiger partial charge < -0.3 is 0 Å². The second kappa shape index (κ2) is 3.90. The third kappa shape index (κ3) is 2.10. The van der Waals surface area contributed by atoms with Crippen molar-refractivity contribution in [3.8, 4) is 5.75 Å². The lowest BCUT2D eigenvalue weighted by molar-refractivity contribution is -0.121. The van der Waals surface area contributed by atoms with E-state index in [4.69, 9.17) is 11.6 Å². The zero-order valence-electron chi connectivity index (χ0n) is 7.79. The molecule has 0 spiro atoms. The largest absolute Gasteiger partial charge is 0.288 e. The molecule has 1 aromatic carbocycles. The van der Waals surface area contributed by atoms with E-state index in [2.05, 4.69) is 10.5 Å². The lowest BCUT2D eigenvalue weighted by Crippen LogP contribution is -2.25. The Balaban J connectivity index is 2.30.